The number of nitrogens with zero attached hydrogens (tertiary/aromatic N) is 2. The van der Waals surface area contributed by atoms with Crippen LogP contribution in [0.15, 0.2) is 40.4 Å². The van der Waals surface area contributed by atoms with Gasteiger partial charge in [-0.15, -0.1) is 11.8 Å². The minimum atomic E-state index is -1.86. The molecule has 0 aliphatic carbocycles. The standard InChI is InChI=1S/C22H25N5O11S2/c1-37-22(19(33)26-16(18(31)32)11(9-38-21(23)34)10-39-20(22)26)24-15(28)8-4-5-12(17(29)30)25-40-14-7-3-2-6-13(14)27(35)36/h2-3,6-7,12,20,25H,4-5,8-10H2,1H3,(H2,23,34)(H,24,28)(H,29,30)(H,31,32)/t12?,20-,22-/m0/s1. The number of fused-ring (bicyclic) bond motifs is 1. The first kappa shape index (κ1) is 30.7. The first-order chi connectivity index (χ1) is 18.9. The second-order valence-corrected chi connectivity index (χ2v) is 10.4. The quantitative estimate of drug-likeness (QED) is 0.0648. The van der Waals surface area contributed by atoms with Gasteiger partial charge in [0.1, 0.15) is 28.6 Å². The summed E-state index contributed by atoms with van der Waals surface area (Å²) in [6.07, 6.45) is -1.27. The Kier molecular flexibility index (Phi) is 9.96. The number of methoxy groups -OCH3 is 1. The number of hydrogen-bond donors (Lipinski definition) is 5. The second-order valence-electron chi connectivity index (χ2n) is 8.42. The van der Waals surface area contributed by atoms with Gasteiger partial charge in [0.2, 0.25) is 5.91 Å². The number of amides is 3. The lowest BCUT2D eigenvalue weighted by Crippen LogP contribution is -2.80. The molecule has 1 fully saturated rings. The molecule has 1 unspecified atom stereocenters. The molecule has 2 aliphatic rings. The Morgan fingerprint density at radius 2 is 2.02 bits per heavy atom. The number of aliphatic carboxylic acids is 2. The van der Waals surface area contributed by atoms with Gasteiger partial charge in [-0.2, -0.15) is 0 Å². The van der Waals surface area contributed by atoms with E-state index in [1.165, 1.54) is 25.3 Å². The van der Waals surface area contributed by atoms with Crippen molar-refractivity contribution in [3.05, 3.63) is 45.6 Å². The Bertz CT molecular complexity index is 1260. The van der Waals surface area contributed by atoms with Gasteiger partial charge in [0.05, 0.1) is 4.92 Å². The molecule has 2 aliphatic heterocycles. The minimum Gasteiger partial charge on any atom is -0.480 e. The van der Waals surface area contributed by atoms with Gasteiger partial charge in [0.15, 0.2) is 0 Å². The van der Waals surface area contributed by atoms with Crippen molar-refractivity contribution in [1.29, 1.82) is 0 Å². The topological polar surface area (TPSA) is 241 Å². The summed E-state index contributed by atoms with van der Waals surface area (Å²) in [6, 6.07) is 4.66. The zero-order chi connectivity index (χ0) is 29.6. The molecule has 6 N–H and O–H groups in total. The number of nitrogens with one attached hydrogen (secondary N) is 2. The van der Waals surface area contributed by atoms with Crippen molar-refractivity contribution in [1.82, 2.24) is 14.9 Å². The van der Waals surface area contributed by atoms with E-state index in [1.807, 2.05) is 0 Å². The largest absolute Gasteiger partial charge is 0.480 e. The molecule has 0 spiro atoms. The maximum absolute atomic E-state index is 13.1. The fraction of sp³-hybridized carbons (Fsp3) is 0.409. The summed E-state index contributed by atoms with van der Waals surface area (Å²) in [4.78, 5) is 72.0. The normalized spacial score (nSPS) is 20.7. The number of nitro benzene ring substituents is 1. The van der Waals surface area contributed by atoms with Crippen molar-refractivity contribution in [2.45, 2.75) is 41.3 Å². The highest BCUT2D eigenvalue weighted by Crippen LogP contribution is 2.46. The third kappa shape index (κ3) is 6.46. The number of carbonyl (C=O) groups excluding carboxylic acids is 3. The van der Waals surface area contributed by atoms with Crippen LogP contribution in [0.25, 0.3) is 0 Å². The summed E-state index contributed by atoms with van der Waals surface area (Å²) in [5.74, 6) is -4.11. The van der Waals surface area contributed by atoms with Crippen LogP contribution in [0.3, 0.4) is 0 Å². The van der Waals surface area contributed by atoms with Gasteiger partial charge >= 0.3 is 18.0 Å². The van der Waals surface area contributed by atoms with Crippen LogP contribution >= 0.6 is 23.7 Å². The number of nitro groups is 1. The van der Waals surface area contributed by atoms with Gasteiger partial charge in [-0.05, 0) is 30.9 Å². The number of primary amides is 1. The van der Waals surface area contributed by atoms with Crippen LogP contribution in [0.2, 0.25) is 0 Å². The number of para-hydroxylation sites is 1. The zero-order valence-corrected chi connectivity index (χ0v) is 22.5. The van der Waals surface area contributed by atoms with E-state index in [2.05, 4.69) is 14.8 Å². The lowest BCUT2D eigenvalue weighted by atomic mass is 9.97. The molecular weight excluding hydrogens is 574 g/mol. The van der Waals surface area contributed by atoms with Crippen LogP contribution in [0.4, 0.5) is 10.5 Å². The molecular formula is C22H25N5O11S2. The number of ether oxygens (including phenoxy) is 2. The third-order valence-corrected chi connectivity index (χ3v) is 8.26. The predicted molar refractivity (Wildman–Crippen MR) is 139 cm³/mol. The number of hydrogen-bond acceptors (Lipinski definition) is 12. The van der Waals surface area contributed by atoms with Crippen LogP contribution < -0.4 is 15.8 Å². The molecule has 216 valence electrons. The lowest BCUT2D eigenvalue weighted by Gasteiger charge is -2.55. The molecule has 1 saturated heterocycles. The van der Waals surface area contributed by atoms with Gasteiger partial charge in [0.25, 0.3) is 17.3 Å². The average Bonchev–Trinajstić information content (AvgIpc) is 2.91. The summed E-state index contributed by atoms with van der Waals surface area (Å²) >= 11 is 1.87. The average molecular weight is 600 g/mol. The van der Waals surface area contributed by atoms with Gasteiger partial charge in [-0.1, -0.05) is 12.1 Å². The van der Waals surface area contributed by atoms with Crippen molar-refractivity contribution in [3.8, 4) is 0 Å². The summed E-state index contributed by atoms with van der Waals surface area (Å²) in [5.41, 5.74) is 2.63. The van der Waals surface area contributed by atoms with E-state index in [1.54, 1.807) is 6.07 Å². The molecule has 0 bridgehead atoms. The van der Waals surface area contributed by atoms with Crippen LogP contribution in [0.5, 0.6) is 0 Å². The van der Waals surface area contributed by atoms with Crippen LogP contribution in [0.1, 0.15) is 19.3 Å². The lowest BCUT2D eigenvalue weighted by molar-refractivity contribution is -0.387. The predicted octanol–water partition coefficient (Wildman–Crippen LogP) is 0.623. The summed E-state index contributed by atoms with van der Waals surface area (Å²) in [5, 5.41) is 31.9. The van der Waals surface area contributed by atoms with Gasteiger partial charge in [0, 0.05) is 30.9 Å². The Balaban J connectivity index is 1.60. The number of benzene rings is 1. The van der Waals surface area contributed by atoms with E-state index in [0.29, 0.717) is 0 Å². The maximum atomic E-state index is 13.1. The monoisotopic (exact) mass is 599 g/mol. The fourth-order valence-corrected chi connectivity index (χ4v) is 6.31. The number of carboxylic acid groups (broad SMARTS) is 2. The van der Waals surface area contributed by atoms with Gasteiger partial charge in [-0.3, -0.25) is 29.4 Å². The third-order valence-electron chi connectivity index (χ3n) is 5.92. The number of thioether (sulfide) groups is 1. The molecule has 40 heavy (non-hydrogen) atoms. The van der Waals surface area contributed by atoms with Gasteiger partial charge in [-0.25, -0.2) is 14.3 Å². The van der Waals surface area contributed by atoms with Crippen molar-refractivity contribution in [3.63, 3.8) is 0 Å². The van der Waals surface area contributed by atoms with Crippen LogP contribution in [0, 0.1) is 10.1 Å². The summed E-state index contributed by atoms with van der Waals surface area (Å²) in [6.45, 7) is -0.429. The first-order valence-corrected chi connectivity index (χ1v) is 13.4. The van der Waals surface area contributed by atoms with E-state index >= 15 is 0 Å². The molecule has 3 atom stereocenters. The van der Waals surface area contributed by atoms with Crippen LogP contribution in [-0.2, 0) is 28.7 Å². The Morgan fingerprint density at radius 3 is 2.62 bits per heavy atom. The minimum absolute atomic E-state index is 0.0241. The highest BCUT2D eigenvalue weighted by atomic mass is 32.2. The smallest absolute Gasteiger partial charge is 0.404 e. The molecule has 16 nitrogen and oxygen atoms in total. The molecule has 0 aromatic heterocycles. The zero-order valence-electron chi connectivity index (χ0n) is 20.9. The second kappa shape index (κ2) is 13.0. The molecule has 1 aromatic carbocycles. The van der Waals surface area contributed by atoms with Crippen molar-refractivity contribution in [2.24, 2.45) is 5.73 Å². The molecule has 0 radical (unpaired) electrons. The van der Waals surface area contributed by atoms with Crippen molar-refractivity contribution >= 4 is 59.2 Å². The fourth-order valence-electron chi connectivity index (χ4n) is 4.01. The summed E-state index contributed by atoms with van der Waals surface area (Å²) in [7, 11) is 1.18. The number of nitrogens with two attached hydrogens (primary N) is 1. The molecule has 2 heterocycles. The molecule has 0 saturated carbocycles. The van der Waals surface area contributed by atoms with Crippen molar-refractivity contribution < 1.29 is 48.6 Å². The Morgan fingerprint density at radius 1 is 1.32 bits per heavy atom. The first-order valence-electron chi connectivity index (χ1n) is 11.5. The molecule has 18 heteroatoms. The SMILES string of the molecule is CO[C@@]1(NC(=O)CCCC(NSc2ccccc2[N+](=O)[O-])C(=O)O)C(=O)N2C(C(=O)O)=C(COC(N)=O)CS[C@H]21. The summed E-state index contributed by atoms with van der Waals surface area (Å²) < 4.78 is 12.7. The Hall–Kier alpha value is -3.87. The van der Waals surface area contributed by atoms with Crippen LogP contribution in [-0.4, -0.2) is 86.5 Å². The van der Waals surface area contributed by atoms with E-state index < -0.39 is 64.2 Å². The number of carboxylic acids is 2. The molecule has 1 aromatic rings. The van der Waals surface area contributed by atoms with E-state index in [9.17, 15) is 44.3 Å². The molecule has 3 amide bonds. The van der Waals surface area contributed by atoms with E-state index in [-0.39, 0.29) is 41.2 Å². The van der Waals surface area contributed by atoms with E-state index in [0.717, 1.165) is 28.6 Å². The number of rotatable bonds is 14. The maximum Gasteiger partial charge on any atom is 0.404 e. The number of carbonyl (C=O) groups is 5. The van der Waals surface area contributed by atoms with Gasteiger partial charge < -0.3 is 30.7 Å². The number of β-lactam (4-membered cyclic amide) rings is 1. The van der Waals surface area contributed by atoms with E-state index in [4.69, 9.17) is 10.5 Å². The Labute approximate surface area is 234 Å². The highest BCUT2D eigenvalue weighted by Gasteiger charge is 2.66. The highest BCUT2D eigenvalue weighted by molar-refractivity contribution is 8.00. The molecule has 3 rings (SSSR count). The van der Waals surface area contributed by atoms with Crippen molar-refractivity contribution in [2.75, 3.05) is 19.5 Å².